The number of rotatable bonds is 13. The molecule has 0 fully saturated rings. The summed E-state index contributed by atoms with van der Waals surface area (Å²) in [6.45, 7) is 27.2. The predicted octanol–water partition coefficient (Wildman–Crippen LogP) is 12.5. The molecule has 0 aliphatic heterocycles. The molecule has 0 saturated carbocycles. The van der Waals surface area contributed by atoms with Gasteiger partial charge in [0.25, 0.3) is 0 Å². The largest absolute Gasteiger partial charge is 0.507 e. The first kappa shape index (κ1) is 37.1. The number of aryl methyl sites for hydroxylation is 2. The molecule has 5 heteroatoms. The van der Waals surface area contributed by atoms with Crippen LogP contribution in [-0.4, -0.2) is 11.7 Å². The standard InChI is InChI=1S/C42H61O4P/c1-26(2)16-32-21-34(18-28(5)6)40-36(23-32)37-24-33(17-27(3)4)22-35(19-29(7)8)41(37)46-47(45-40)44-15-13-14-31-20-30(9)39(43)38(25-31)42(10,11)12/h20-29,43H,13-19H2,1-12H3. The lowest BCUT2D eigenvalue weighted by atomic mass is 9.83. The van der Waals surface area contributed by atoms with Crippen LogP contribution >= 0.6 is 8.24 Å². The van der Waals surface area contributed by atoms with Crippen molar-refractivity contribution in [2.24, 2.45) is 23.7 Å². The van der Waals surface area contributed by atoms with Gasteiger partial charge in [0.05, 0.1) is 6.61 Å². The Kier molecular flexibility index (Phi) is 12.4. The highest BCUT2D eigenvalue weighted by Gasteiger charge is 2.21. The molecule has 1 aromatic heterocycles. The lowest BCUT2D eigenvalue weighted by Gasteiger charge is -2.22. The van der Waals surface area contributed by atoms with E-state index >= 15 is 0 Å². The minimum absolute atomic E-state index is 0.126. The van der Waals surface area contributed by atoms with Crippen molar-refractivity contribution in [3.63, 3.8) is 0 Å². The van der Waals surface area contributed by atoms with E-state index in [1.165, 1.54) is 27.8 Å². The van der Waals surface area contributed by atoms with Crippen LogP contribution < -0.4 is 4.52 Å². The smallest absolute Gasteiger partial charge is 0.387 e. The highest BCUT2D eigenvalue weighted by atomic mass is 31.1. The number of hydrogen-bond donors (Lipinski definition) is 1. The van der Waals surface area contributed by atoms with Crippen molar-refractivity contribution in [1.29, 1.82) is 0 Å². The highest BCUT2D eigenvalue weighted by molar-refractivity contribution is 7.31. The van der Waals surface area contributed by atoms with E-state index in [9.17, 15) is 5.11 Å². The fourth-order valence-corrected chi connectivity index (χ4v) is 7.84. The third kappa shape index (κ3) is 9.93. The second-order valence-corrected chi connectivity index (χ2v) is 17.6. The topological polar surface area (TPSA) is 55.7 Å². The summed E-state index contributed by atoms with van der Waals surface area (Å²) in [5.41, 5.74) is 10.1. The summed E-state index contributed by atoms with van der Waals surface area (Å²) in [5.74, 6) is 2.50. The predicted molar refractivity (Wildman–Crippen MR) is 202 cm³/mol. The van der Waals surface area contributed by atoms with Crippen LogP contribution in [0.1, 0.15) is 122 Å². The molecule has 0 spiro atoms. The van der Waals surface area contributed by atoms with Gasteiger partial charge in [-0.2, -0.15) is 0 Å². The third-order valence-electron chi connectivity index (χ3n) is 8.59. The zero-order valence-corrected chi connectivity index (χ0v) is 32.2. The quantitative estimate of drug-likeness (QED) is 0.145. The summed E-state index contributed by atoms with van der Waals surface area (Å²) in [6.07, 6.45) is 5.61. The van der Waals surface area contributed by atoms with Crippen LogP contribution in [0.15, 0.2) is 44.8 Å². The van der Waals surface area contributed by atoms with Gasteiger partial charge in [0, 0.05) is 10.8 Å². The number of fused-ring (bicyclic) bond motifs is 3. The molecule has 0 bridgehead atoms. The van der Waals surface area contributed by atoms with Crippen molar-refractivity contribution in [1.82, 2.24) is 0 Å². The Morgan fingerprint density at radius 1 is 0.660 bits per heavy atom. The minimum Gasteiger partial charge on any atom is -0.507 e. The lowest BCUT2D eigenvalue weighted by Crippen LogP contribution is -2.12. The first-order valence-corrected chi connectivity index (χ1v) is 19.0. The van der Waals surface area contributed by atoms with E-state index in [0.29, 0.717) is 36.0 Å². The molecule has 1 N–H and O–H groups in total. The average Bonchev–Trinajstić information content (AvgIpc) is 3.08. The summed E-state index contributed by atoms with van der Waals surface area (Å²) < 4.78 is 20.2. The van der Waals surface area contributed by atoms with Gasteiger partial charge in [-0.05, 0) is 126 Å². The SMILES string of the molecule is Cc1cc(CCCOp2oc3c(CC(C)C)cc(CC(C)C)cc3c3cc(CC(C)C)cc(CC(C)C)c3o2)cc(C(C)(C)C)c1O. The zero-order valence-electron chi connectivity index (χ0n) is 31.3. The Labute approximate surface area is 285 Å². The number of benzene rings is 3. The van der Waals surface area contributed by atoms with Gasteiger partial charge in [0.1, 0.15) is 16.9 Å². The van der Waals surface area contributed by atoms with Gasteiger partial charge in [-0.15, -0.1) is 0 Å². The van der Waals surface area contributed by atoms with Crippen molar-refractivity contribution >= 4 is 30.2 Å². The van der Waals surface area contributed by atoms with Crippen LogP contribution in [0.4, 0.5) is 0 Å². The Bertz CT molecular complexity index is 1620. The molecule has 1 heterocycles. The number of phenols is 1. The first-order chi connectivity index (χ1) is 22.0. The van der Waals surface area contributed by atoms with Crippen molar-refractivity contribution in [3.8, 4) is 5.75 Å². The molecule has 0 atom stereocenters. The van der Waals surface area contributed by atoms with Gasteiger partial charge in [0.2, 0.25) is 0 Å². The number of phenolic OH excluding ortho intramolecular Hbond substituents is 1. The Balaban J connectivity index is 1.85. The average molecular weight is 661 g/mol. The van der Waals surface area contributed by atoms with Gasteiger partial charge in [0.15, 0.2) is 0 Å². The number of aromatic hydroxyl groups is 1. The summed E-state index contributed by atoms with van der Waals surface area (Å²) >= 11 is 0. The Morgan fingerprint density at radius 3 is 1.55 bits per heavy atom. The maximum Gasteiger partial charge on any atom is 0.387 e. The van der Waals surface area contributed by atoms with E-state index in [-0.39, 0.29) is 5.41 Å². The normalized spacial score (nSPS) is 12.5. The highest BCUT2D eigenvalue weighted by Crippen LogP contribution is 2.40. The molecular formula is C42H61O4P. The van der Waals surface area contributed by atoms with E-state index in [0.717, 1.165) is 71.6 Å². The molecule has 0 saturated heterocycles. The summed E-state index contributed by atoms with van der Waals surface area (Å²) in [5, 5.41) is 13.0. The number of hydrogen-bond acceptors (Lipinski definition) is 4. The van der Waals surface area contributed by atoms with Crippen molar-refractivity contribution in [3.05, 3.63) is 75.3 Å². The van der Waals surface area contributed by atoms with Gasteiger partial charge in [-0.25, -0.2) is 0 Å². The van der Waals surface area contributed by atoms with Gasteiger partial charge in [-0.3, -0.25) is 4.52 Å². The van der Waals surface area contributed by atoms with Crippen molar-refractivity contribution < 1.29 is 18.0 Å². The fourth-order valence-electron chi connectivity index (χ4n) is 6.69. The van der Waals surface area contributed by atoms with Gasteiger partial charge < -0.3 is 13.5 Å². The van der Waals surface area contributed by atoms with E-state index < -0.39 is 8.24 Å². The molecule has 0 unspecified atom stereocenters. The van der Waals surface area contributed by atoms with Crippen LogP contribution in [0.5, 0.6) is 5.75 Å². The Morgan fingerprint density at radius 2 is 1.13 bits per heavy atom. The minimum atomic E-state index is -1.66. The van der Waals surface area contributed by atoms with Crippen LogP contribution in [0.3, 0.4) is 0 Å². The van der Waals surface area contributed by atoms with E-state index in [4.69, 9.17) is 12.9 Å². The lowest BCUT2D eigenvalue weighted by molar-refractivity contribution is 0.364. The van der Waals surface area contributed by atoms with E-state index in [1.54, 1.807) is 0 Å². The van der Waals surface area contributed by atoms with Gasteiger partial charge in [-0.1, -0.05) is 100 Å². The van der Waals surface area contributed by atoms with Crippen molar-refractivity contribution in [2.45, 2.75) is 127 Å². The van der Waals surface area contributed by atoms with Crippen LogP contribution in [0.25, 0.3) is 21.9 Å². The molecule has 0 amide bonds. The second-order valence-electron chi connectivity index (χ2n) is 16.6. The monoisotopic (exact) mass is 660 g/mol. The summed E-state index contributed by atoms with van der Waals surface area (Å²) in [6, 6.07) is 13.7. The van der Waals surface area contributed by atoms with Crippen LogP contribution in [0.2, 0.25) is 0 Å². The van der Waals surface area contributed by atoms with Crippen LogP contribution in [-0.2, 0) is 37.5 Å². The molecule has 4 nitrogen and oxygen atoms in total. The fraction of sp³-hybridized carbons (Fsp3) is 0.571. The molecule has 47 heavy (non-hydrogen) atoms. The molecular weight excluding hydrogens is 599 g/mol. The summed E-state index contributed by atoms with van der Waals surface area (Å²) in [4.78, 5) is 0. The third-order valence-corrected chi connectivity index (χ3v) is 9.65. The van der Waals surface area contributed by atoms with Gasteiger partial charge >= 0.3 is 8.24 Å². The molecule has 258 valence electrons. The van der Waals surface area contributed by atoms with E-state index in [1.807, 2.05) is 6.92 Å². The molecule has 4 aromatic rings. The second kappa shape index (κ2) is 15.7. The molecule has 0 aliphatic rings. The zero-order chi connectivity index (χ0) is 34.6. The molecule has 0 aliphatic carbocycles. The first-order valence-electron chi connectivity index (χ1n) is 18.0. The maximum atomic E-state index is 10.7. The maximum absolute atomic E-state index is 10.7. The Hall–Kier alpha value is -2.68. The molecule has 4 rings (SSSR count). The van der Waals surface area contributed by atoms with Crippen molar-refractivity contribution in [2.75, 3.05) is 6.61 Å². The molecule has 0 radical (unpaired) electrons. The summed E-state index contributed by atoms with van der Waals surface area (Å²) in [7, 11) is -1.66. The van der Waals surface area contributed by atoms with Crippen LogP contribution in [0, 0.1) is 30.6 Å². The van der Waals surface area contributed by atoms with E-state index in [2.05, 4.69) is 113 Å². The molecule has 3 aromatic carbocycles.